The number of fused-ring (bicyclic) bond motifs is 1. The van der Waals surface area contributed by atoms with E-state index < -0.39 is 0 Å². The Kier molecular flexibility index (Phi) is 5.53. The number of anilines is 1. The van der Waals surface area contributed by atoms with Gasteiger partial charge in [-0.3, -0.25) is 9.59 Å². The second-order valence-corrected chi connectivity index (χ2v) is 7.84. The first kappa shape index (κ1) is 18.4. The van der Waals surface area contributed by atoms with Crippen LogP contribution in [0.1, 0.15) is 28.8 Å². The van der Waals surface area contributed by atoms with Crippen molar-refractivity contribution in [2.45, 2.75) is 32.4 Å². The van der Waals surface area contributed by atoms with E-state index in [4.69, 9.17) is 0 Å². The van der Waals surface area contributed by atoms with Gasteiger partial charge in [0.15, 0.2) is 0 Å². The van der Waals surface area contributed by atoms with Gasteiger partial charge in [-0.1, -0.05) is 30.3 Å². The van der Waals surface area contributed by atoms with Crippen molar-refractivity contribution in [3.8, 4) is 0 Å². The highest BCUT2D eigenvalue weighted by atomic mass is 32.1. The molecule has 0 fully saturated rings. The minimum absolute atomic E-state index is 0.0322. The predicted octanol–water partition coefficient (Wildman–Crippen LogP) is 3.30. The summed E-state index contributed by atoms with van der Waals surface area (Å²) >= 11 is 1.75. The van der Waals surface area contributed by atoms with E-state index in [-0.39, 0.29) is 24.7 Å². The summed E-state index contributed by atoms with van der Waals surface area (Å²) in [5.74, 6) is 0.503. The lowest BCUT2D eigenvalue weighted by atomic mass is 10.1. The first-order valence-electron chi connectivity index (χ1n) is 9.37. The molecule has 0 spiro atoms. The Morgan fingerprint density at radius 2 is 1.96 bits per heavy atom. The molecule has 144 valence electrons. The molecular weight excluding hydrogens is 372 g/mol. The third-order valence-electron chi connectivity index (χ3n) is 4.89. The molecular formula is C21H22N4O2S. The van der Waals surface area contributed by atoms with Gasteiger partial charge in [0.25, 0.3) is 0 Å². The smallest absolute Gasteiger partial charge is 0.226 e. The number of amides is 2. The standard InChI is InChI=1S/C21H22N4O2S/c26-20(6-7-21(27)24-12-9-18-17(15-24)10-13-28-18)23-19-8-11-22-25(19)14-16-4-2-1-3-5-16/h1-5,8,10-11,13H,6-7,9,12,14-15H2,(H,23,26). The van der Waals surface area contributed by atoms with E-state index in [1.54, 1.807) is 28.3 Å². The summed E-state index contributed by atoms with van der Waals surface area (Å²) in [5.41, 5.74) is 2.34. The van der Waals surface area contributed by atoms with E-state index in [2.05, 4.69) is 21.9 Å². The highest BCUT2D eigenvalue weighted by Crippen LogP contribution is 2.24. The second kappa shape index (κ2) is 8.39. The van der Waals surface area contributed by atoms with Crippen LogP contribution in [0, 0.1) is 0 Å². The molecule has 3 heterocycles. The zero-order chi connectivity index (χ0) is 19.3. The van der Waals surface area contributed by atoms with Gasteiger partial charge in [-0.25, -0.2) is 4.68 Å². The number of aromatic nitrogens is 2. The summed E-state index contributed by atoms with van der Waals surface area (Å²) in [4.78, 5) is 28.0. The van der Waals surface area contributed by atoms with Crippen LogP contribution in [0.3, 0.4) is 0 Å². The van der Waals surface area contributed by atoms with Crippen LogP contribution in [0.15, 0.2) is 54.0 Å². The molecule has 4 rings (SSSR count). The lowest BCUT2D eigenvalue weighted by Crippen LogP contribution is -2.35. The maximum absolute atomic E-state index is 12.5. The van der Waals surface area contributed by atoms with E-state index in [0.717, 1.165) is 18.5 Å². The quantitative estimate of drug-likeness (QED) is 0.698. The number of thiophene rings is 1. The molecule has 3 aromatic rings. The molecule has 0 aliphatic carbocycles. The Morgan fingerprint density at radius 1 is 1.11 bits per heavy atom. The average molecular weight is 395 g/mol. The molecule has 0 atom stereocenters. The number of carbonyl (C=O) groups excluding carboxylic acids is 2. The lowest BCUT2D eigenvalue weighted by molar-refractivity contribution is -0.133. The molecule has 2 amide bonds. The normalized spacial score (nSPS) is 13.2. The fourth-order valence-electron chi connectivity index (χ4n) is 3.37. The Hall–Kier alpha value is -2.93. The van der Waals surface area contributed by atoms with Crippen molar-refractivity contribution in [3.63, 3.8) is 0 Å². The summed E-state index contributed by atoms with van der Waals surface area (Å²) in [5, 5.41) is 9.22. The summed E-state index contributed by atoms with van der Waals surface area (Å²) in [6.45, 7) is 1.97. The predicted molar refractivity (Wildman–Crippen MR) is 109 cm³/mol. The maximum Gasteiger partial charge on any atom is 0.226 e. The monoisotopic (exact) mass is 394 g/mol. The molecule has 0 bridgehead atoms. The Balaban J connectivity index is 1.28. The van der Waals surface area contributed by atoms with E-state index in [1.807, 2.05) is 35.2 Å². The van der Waals surface area contributed by atoms with Crippen molar-refractivity contribution in [2.24, 2.45) is 0 Å². The molecule has 1 N–H and O–H groups in total. The van der Waals surface area contributed by atoms with Gasteiger partial charge in [0.05, 0.1) is 12.7 Å². The van der Waals surface area contributed by atoms with Gasteiger partial charge in [-0.2, -0.15) is 5.10 Å². The number of hydrogen-bond donors (Lipinski definition) is 1. The van der Waals surface area contributed by atoms with Crippen LogP contribution in [-0.2, 0) is 29.1 Å². The van der Waals surface area contributed by atoms with Crippen molar-refractivity contribution in [3.05, 3.63) is 70.0 Å². The van der Waals surface area contributed by atoms with Crippen molar-refractivity contribution in [2.75, 3.05) is 11.9 Å². The molecule has 0 radical (unpaired) electrons. The van der Waals surface area contributed by atoms with E-state index >= 15 is 0 Å². The van der Waals surface area contributed by atoms with Crippen LogP contribution >= 0.6 is 11.3 Å². The first-order valence-corrected chi connectivity index (χ1v) is 10.3. The first-order chi connectivity index (χ1) is 13.7. The van der Waals surface area contributed by atoms with Crippen molar-refractivity contribution >= 4 is 29.0 Å². The minimum atomic E-state index is -0.170. The SMILES string of the molecule is O=C(CCC(=O)N1CCc2sccc2C1)Nc1ccnn1Cc1ccccc1. The zero-order valence-electron chi connectivity index (χ0n) is 15.5. The number of benzene rings is 1. The van der Waals surface area contributed by atoms with Crippen LogP contribution < -0.4 is 5.32 Å². The highest BCUT2D eigenvalue weighted by molar-refractivity contribution is 7.10. The average Bonchev–Trinajstić information content (AvgIpc) is 3.36. The minimum Gasteiger partial charge on any atom is -0.338 e. The number of rotatable bonds is 6. The Labute approximate surface area is 167 Å². The number of nitrogens with zero attached hydrogens (tertiary/aromatic N) is 3. The van der Waals surface area contributed by atoms with Gasteiger partial charge in [0.2, 0.25) is 11.8 Å². The molecule has 0 saturated heterocycles. The van der Waals surface area contributed by atoms with Crippen LogP contribution in [-0.4, -0.2) is 33.0 Å². The van der Waals surface area contributed by atoms with E-state index in [9.17, 15) is 9.59 Å². The maximum atomic E-state index is 12.5. The fraction of sp³-hybridized carbons (Fsp3) is 0.286. The molecule has 0 unspecified atom stereocenters. The van der Waals surface area contributed by atoms with E-state index in [1.165, 1.54) is 10.4 Å². The molecule has 1 aromatic carbocycles. The third-order valence-corrected chi connectivity index (χ3v) is 5.91. The van der Waals surface area contributed by atoms with Crippen molar-refractivity contribution in [1.29, 1.82) is 0 Å². The molecule has 6 nitrogen and oxygen atoms in total. The van der Waals surface area contributed by atoms with Gasteiger partial charge in [-0.15, -0.1) is 11.3 Å². The largest absolute Gasteiger partial charge is 0.338 e. The lowest BCUT2D eigenvalue weighted by Gasteiger charge is -2.27. The zero-order valence-corrected chi connectivity index (χ0v) is 16.3. The molecule has 7 heteroatoms. The second-order valence-electron chi connectivity index (χ2n) is 6.84. The third kappa shape index (κ3) is 4.31. The number of carbonyl (C=O) groups is 2. The highest BCUT2D eigenvalue weighted by Gasteiger charge is 2.22. The summed E-state index contributed by atoms with van der Waals surface area (Å²) < 4.78 is 1.75. The van der Waals surface area contributed by atoms with Gasteiger partial charge >= 0.3 is 0 Å². The number of nitrogens with one attached hydrogen (secondary N) is 1. The van der Waals surface area contributed by atoms with Crippen LogP contribution in [0.4, 0.5) is 5.82 Å². The van der Waals surface area contributed by atoms with Crippen molar-refractivity contribution < 1.29 is 9.59 Å². The summed E-state index contributed by atoms with van der Waals surface area (Å²) in [6.07, 6.45) is 2.96. The van der Waals surface area contributed by atoms with Gasteiger partial charge in [0, 0.05) is 36.9 Å². The fourth-order valence-corrected chi connectivity index (χ4v) is 4.26. The summed E-state index contributed by atoms with van der Waals surface area (Å²) in [6, 6.07) is 13.8. The van der Waals surface area contributed by atoms with Crippen LogP contribution in [0.5, 0.6) is 0 Å². The van der Waals surface area contributed by atoms with Crippen molar-refractivity contribution in [1.82, 2.24) is 14.7 Å². The van der Waals surface area contributed by atoms with Crippen LogP contribution in [0.2, 0.25) is 0 Å². The summed E-state index contributed by atoms with van der Waals surface area (Å²) in [7, 11) is 0. The molecule has 0 saturated carbocycles. The molecule has 2 aromatic heterocycles. The molecule has 1 aliphatic heterocycles. The van der Waals surface area contributed by atoms with Gasteiger partial charge < -0.3 is 10.2 Å². The van der Waals surface area contributed by atoms with Crippen LogP contribution in [0.25, 0.3) is 0 Å². The van der Waals surface area contributed by atoms with E-state index in [0.29, 0.717) is 18.9 Å². The molecule has 1 aliphatic rings. The van der Waals surface area contributed by atoms with Gasteiger partial charge in [-0.05, 0) is 29.0 Å². The Bertz CT molecular complexity index is 964. The van der Waals surface area contributed by atoms with Gasteiger partial charge in [0.1, 0.15) is 5.82 Å². The topological polar surface area (TPSA) is 67.2 Å². The number of hydrogen-bond acceptors (Lipinski definition) is 4. The Morgan fingerprint density at radius 3 is 2.82 bits per heavy atom. The molecule has 28 heavy (non-hydrogen) atoms.